The van der Waals surface area contributed by atoms with Crippen molar-refractivity contribution in [3.8, 4) is 0 Å². The second-order valence-electron chi connectivity index (χ2n) is 7.58. The maximum absolute atomic E-state index is 13.1. The molecule has 1 aliphatic carbocycles. The van der Waals surface area contributed by atoms with Gasteiger partial charge in [-0.05, 0) is 55.7 Å². The van der Waals surface area contributed by atoms with Crippen LogP contribution in [0.15, 0.2) is 34.7 Å². The molecular formula is C21H26ClN3O3S2. The topological polar surface area (TPSA) is 82.5 Å². The first kappa shape index (κ1) is 22.9. The molecule has 0 radical (unpaired) electrons. The zero-order chi connectivity index (χ0) is 21.5. The summed E-state index contributed by atoms with van der Waals surface area (Å²) in [5, 5.41) is 12.9. The highest BCUT2D eigenvalue weighted by atomic mass is 35.5. The van der Waals surface area contributed by atoms with E-state index in [-0.39, 0.29) is 17.8 Å². The molecular weight excluding hydrogens is 442 g/mol. The SMILES string of the molecule is CC1CCC(N(CCc2cccc(Cl)c2)C(=O)Nc2ncc(SCC(=O)O)s2)CC1. The molecule has 1 saturated carbocycles. The number of benzene rings is 1. The van der Waals surface area contributed by atoms with Crippen molar-refractivity contribution in [3.05, 3.63) is 41.0 Å². The lowest BCUT2D eigenvalue weighted by atomic mass is 9.86. The fourth-order valence-electron chi connectivity index (χ4n) is 3.63. The Morgan fingerprint density at radius 3 is 2.80 bits per heavy atom. The van der Waals surface area contributed by atoms with E-state index < -0.39 is 5.97 Å². The number of hydrogen-bond donors (Lipinski definition) is 2. The molecule has 30 heavy (non-hydrogen) atoms. The number of halogens is 1. The molecule has 0 bridgehead atoms. The minimum atomic E-state index is -0.877. The molecule has 1 aliphatic rings. The molecule has 0 spiro atoms. The average molecular weight is 468 g/mol. The van der Waals surface area contributed by atoms with E-state index in [1.807, 2.05) is 29.2 Å². The molecule has 0 saturated heterocycles. The number of anilines is 1. The standard InChI is InChI=1S/C21H26ClN3O3S2/c1-14-5-7-17(8-6-14)25(10-9-15-3-2-4-16(22)11-15)21(28)24-20-23-12-19(30-20)29-13-18(26)27/h2-4,11-12,14,17H,5-10,13H2,1H3,(H,26,27)(H,23,24,28). The Bertz CT molecular complexity index is 869. The lowest BCUT2D eigenvalue weighted by Crippen LogP contribution is -2.45. The maximum Gasteiger partial charge on any atom is 0.323 e. The van der Waals surface area contributed by atoms with Gasteiger partial charge in [0, 0.05) is 17.6 Å². The number of rotatable bonds is 8. The van der Waals surface area contributed by atoms with Crippen molar-refractivity contribution in [2.24, 2.45) is 5.92 Å². The maximum atomic E-state index is 13.1. The zero-order valence-electron chi connectivity index (χ0n) is 16.8. The average Bonchev–Trinajstić information content (AvgIpc) is 3.15. The van der Waals surface area contributed by atoms with E-state index in [1.165, 1.54) is 23.1 Å². The van der Waals surface area contributed by atoms with Gasteiger partial charge in [-0.3, -0.25) is 10.1 Å². The molecule has 162 valence electrons. The Hall–Kier alpha value is -1.77. The van der Waals surface area contributed by atoms with Gasteiger partial charge in [-0.2, -0.15) is 0 Å². The van der Waals surface area contributed by atoms with Crippen molar-refractivity contribution in [2.45, 2.75) is 49.3 Å². The van der Waals surface area contributed by atoms with Crippen LogP contribution in [0.1, 0.15) is 38.2 Å². The summed E-state index contributed by atoms with van der Waals surface area (Å²) in [6.07, 6.45) is 6.59. The second kappa shape index (κ2) is 11.0. The monoisotopic (exact) mass is 467 g/mol. The molecule has 3 rings (SSSR count). The highest BCUT2D eigenvalue weighted by Gasteiger charge is 2.28. The number of hydrogen-bond acceptors (Lipinski definition) is 5. The number of thioether (sulfide) groups is 1. The first-order chi connectivity index (χ1) is 14.4. The van der Waals surface area contributed by atoms with Crippen molar-refractivity contribution in [1.29, 1.82) is 0 Å². The Morgan fingerprint density at radius 2 is 2.10 bits per heavy atom. The smallest absolute Gasteiger partial charge is 0.323 e. The van der Waals surface area contributed by atoms with Crippen LogP contribution < -0.4 is 5.32 Å². The molecule has 0 aliphatic heterocycles. The van der Waals surface area contributed by atoms with Crippen molar-refractivity contribution in [3.63, 3.8) is 0 Å². The number of aromatic nitrogens is 1. The van der Waals surface area contributed by atoms with Gasteiger partial charge >= 0.3 is 12.0 Å². The van der Waals surface area contributed by atoms with E-state index in [0.717, 1.165) is 41.9 Å². The summed E-state index contributed by atoms with van der Waals surface area (Å²) in [6, 6.07) is 7.80. The van der Waals surface area contributed by atoms with Gasteiger partial charge in [0.1, 0.15) is 0 Å². The Morgan fingerprint density at radius 1 is 1.33 bits per heavy atom. The molecule has 1 aromatic heterocycles. The fraction of sp³-hybridized carbons (Fsp3) is 0.476. The summed E-state index contributed by atoms with van der Waals surface area (Å²) in [5.41, 5.74) is 1.10. The van der Waals surface area contributed by atoms with Crippen LogP contribution in [0.4, 0.5) is 9.93 Å². The van der Waals surface area contributed by atoms with E-state index in [4.69, 9.17) is 16.7 Å². The number of thiazole rings is 1. The molecule has 0 unspecified atom stereocenters. The van der Waals surface area contributed by atoms with Gasteiger partial charge in [-0.15, -0.1) is 11.8 Å². The van der Waals surface area contributed by atoms with Gasteiger partial charge in [0.2, 0.25) is 0 Å². The van der Waals surface area contributed by atoms with E-state index in [1.54, 1.807) is 6.20 Å². The van der Waals surface area contributed by atoms with Crippen LogP contribution in [-0.2, 0) is 11.2 Å². The first-order valence-corrected chi connectivity index (χ1v) is 12.2. The van der Waals surface area contributed by atoms with Crippen molar-refractivity contribution < 1.29 is 14.7 Å². The van der Waals surface area contributed by atoms with Crippen LogP contribution in [0.5, 0.6) is 0 Å². The van der Waals surface area contributed by atoms with Crippen LogP contribution in [0.3, 0.4) is 0 Å². The summed E-state index contributed by atoms with van der Waals surface area (Å²) in [5.74, 6) is -0.203. The normalized spacial score (nSPS) is 18.7. The van der Waals surface area contributed by atoms with E-state index in [0.29, 0.717) is 22.6 Å². The predicted octanol–water partition coefficient (Wildman–Crippen LogP) is 5.63. The fourth-order valence-corrected chi connectivity index (χ4v) is 5.42. The number of nitrogens with one attached hydrogen (secondary N) is 1. The largest absolute Gasteiger partial charge is 0.481 e. The third kappa shape index (κ3) is 6.89. The Labute approximate surface area is 190 Å². The van der Waals surface area contributed by atoms with Crippen LogP contribution in [0.25, 0.3) is 0 Å². The van der Waals surface area contributed by atoms with Gasteiger partial charge in [0.25, 0.3) is 0 Å². The quantitative estimate of drug-likeness (QED) is 0.491. The number of amides is 2. The molecule has 1 fully saturated rings. The lowest BCUT2D eigenvalue weighted by molar-refractivity contribution is -0.133. The van der Waals surface area contributed by atoms with Gasteiger partial charge in [-0.25, -0.2) is 9.78 Å². The highest BCUT2D eigenvalue weighted by Crippen LogP contribution is 2.30. The van der Waals surface area contributed by atoms with E-state index in [9.17, 15) is 9.59 Å². The van der Waals surface area contributed by atoms with E-state index in [2.05, 4.69) is 17.2 Å². The number of carbonyl (C=O) groups is 2. The third-order valence-corrected chi connectivity index (χ3v) is 7.58. The molecule has 9 heteroatoms. The number of urea groups is 1. The molecule has 2 N–H and O–H groups in total. The Kier molecular flexibility index (Phi) is 8.41. The number of carbonyl (C=O) groups excluding carboxylic acids is 1. The number of carboxylic acid groups (broad SMARTS) is 1. The molecule has 0 atom stereocenters. The minimum Gasteiger partial charge on any atom is -0.481 e. The predicted molar refractivity (Wildman–Crippen MR) is 123 cm³/mol. The minimum absolute atomic E-state index is 0.0262. The summed E-state index contributed by atoms with van der Waals surface area (Å²) >= 11 is 8.60. The van der Waals surface area contributed by atoms with Gasteiger partial charge in [0.05, 0.1) is 16.2 Å². The van der Waals surface area contributed by atoms with Gasteiger partial charge in [-0.1, -0.05) is 42.0 Å². The van der Waals surface area contributed by atoms with E-state index >= 15 is 0 Å². The van der Waals surface area contributed by atoms with Crippen molar-refractivity contribution >= 4 is 51.8 Å². The van der Waals surface area contributed by atoms with Crippen LogP contribution in [0, 0.1) is 5.92 Å². The van der Waals surface area contributed by atoms with Crippen LogP contribution in [-0.4, -0.2) is 45.3 Å². The Balaban J connectivity index is 1.65. The third-order valence-electron chi connectivity index (χ3n) is 5.25. The van der Waals surface area contributed by atoms with Gasteiger partial charge < -0.3 is 10.0 Å². The number of aliphatic carboxylic acids is 1. The summed E-state index contributed by atoms with van der Waals surface area (Å²) in [6.45, 7) is 2.87. The number of carboxylic acids is 1. The molecule has 1 heterocycles. The second-order valence-corrected chi connectivity index (χ2v) is 10.3. The van der Waals surface area contributed by atoms with Crippen molar-refractivity contribution in [2.75, 3.05) is 17.6 Å². The van der Waals surface area contributed by atoms with Gasteiger partial charge in [0.15, 0.2) is 5.13 Å². The molecule has 6 nitrogen and oxygen atoms in total. The molecule has 2 amide bonds. The van der Waals surface area contributed by atoms with Crippen LogP contribution in [0.2, 0.25) is 5.02 Å². The summed E-state index contributed by atoms with van der Waals surface area (Å²) in [7, 11) is 0. The zero-order valence-corrected chi connectivity index (χ0v) is 19.2. The molecule has 1 aromatic carbocycles. The summed E-state index contributed by atoms with van der Waals surface area (Å²) < 4.78 is 0.768. The molecule has 2 aromatic rings. The first-order valence-electron chi connectivity index (χ1n) is 10.0. The summed E-state index contributed by atoms with van der Waals surface area (Å²) in [4.78, 5) is 30.0. The highest BCUT2D eigenvalue weighted by molar-refractivity contribution is 8.01. The van der Waals surface area contributed by atoms with Crippen molar-refractivity contribution in [1.82, 2.24) is 9.88 Å². The van der Waals surface area contributed by atoms with Crippen LogP contribution >= 0.6 is 34.7 Å². The lowest BCUT2D eigenvalue weighted by Gasteiger charge is -2.36. The number of nitrogens with zero attached hydrogens (tertiary/aromatic N) is 2.